The van der Waals surface area contributed by atoms with E-state index in [4.69, 9.17) is 14.6 Å². The van der Waals surface area contributed by atoms with Gasteiger partial charge in [-0.25, -0.2) is 0 Å². The Morgan fingerprint density at radius 1 is 0.812 bits per heavy atom. The van der Waals surface area contributed by atoms with E-state index in [2.05, 4.69) is 5.32 Å². The second-order valence-electron chi connectivity index (χ2n) is 10.8. The van der Waals surface area contributed by atoms with Crippen molar-refractivity contribution >= 4 is 23.4 Å². The van der Waals surface area contributed by atoms with Gasteiger partial charge in [0.1, 0.15) is 12.5 Å². The second kappa shape index (κ2) is 13.9. The highest BCUT2D eigenvalue weighted by Gasteiger charge is 2.59. The Labute approximate surface area is 271 Å². The lowest BCUT2D eigenvalue weighted by Crippen LogP contribution is -2.42. The molecular formula is C36H27F4NO7. The minimum Gasteiger partial charge on any atom is -0.481 e. The van der Waals surface area contributed by atoms with Crippen LogP contribution in [0, 0.1) is 0 Å². The number of alkyl halides is 4. The lowest BCUT2D eigenvalue weighted by Gasteiger charge is -2.30. The molecule has 1 aliphatic heterocycles. The minimum atomic E-state index is -4.65. The molecule has 48 heavy (non-hydrogen) atoms. The molecular weight excluding hydrogens is 634 g/mol. The molecule has 12 heteroatoms. The van der Waals surface area contributed by atoms with Gasteiger partial charge in [0.25, 0.3) is 5.91 Å². The number of hydrogen-bond donors (Lipinski definition) is 2. The van der Waals surface area contributed by atoms with E-state index in [0.29, 0.717) is 11.8 Å². The molecule has 2 aliphatic rings. The monoisotopic (exact) mass is 661 g/mol. The third-order valence-electron chi connectivity index (χ3n) is 7.62. The zero-order valence-electron chi connectivity index (χ0n) is 25.0. The van der Waals surface area contributed by atoms with Crippen molar-refractivity contribution in [3.63, 3.8) is 0 Å². The Morgan fingerprint density at radius 3 is 2.12 bits per heavy atom. The topological polar surface area (TPSA) is 119 Å². The summed E-state index contributed by atoms with van der Waals surface area (Å²) in [5, 5.41) is 11.2. The molecule has 1 amide bonds. The van der Waals surface area contributed by atoms with Crippen LogP contribution in [0.4, 0.5) is 17.6 Å². The van der Waals surface area contributed by atoms with Crippen LogP contribution < -0.4 is 5.32 Å². The Bertz CT molecular complexity index is 1850. The lowest BCUT2D eigenvalue weighted by atomic mass is 9.85. The summed E-state index contributed by atoms with van der Waals surface area (Å²) in [5.41, 5.74) is 1.30. The van der Waals surface area contributed by atoms with Crippen LogP contribution in [0.25, 0.3) is 11.1 Å². The Kier molecular flexibility index (Phi) is 9.74. The van der Waals surface area contributed by atoms with E-state index in [1.54, 1.807) is 24.3 Å². The van der Waals surface area contributed by atoms with Crippen molar-refractivity contribution in [3.8, 4) is 11.1 Å². The number of amides is 1. The van der Waals surface area contributed by atoms with E-state index in [1.807, 2.05) is 30.3 Å². The van der Waals surface area contributed by atoms with Gasteiger partial charge in [-0.2, -0.15) is 17.6 Å². The predicted molar refractivity (Wildman–Crippen MR) is 165 cm³/mol. The van der Waals surface area contributed by atoms with Crippen molar-refractivity contribution in [2.24, 2.45) is 0 Å². The third-order valence-corrected chi connectivity index (χ3v) is 7.62. The summed E-state index contributed by atoms with van der Waals surface area (Å²) in [6, 6.07) is 21.8. The first-order chi connectivity index (χ1) is 22.9. The summed E-state index contributed by atoms with van der Waals surface area (Å²) >= 11 is 0. The molecule has 1 unspecified atom stereocenters. The molecule has 1 heterocycles. The van der Waals surface area contributed by atoms with Gasteiger partial charge in [-0.05, 0) is 41.0 Å². The van der Waals surface area contributed by atoms with Crippen LogP contribution in [-0.2, 0) is 19.1 Å². The van der Waals surface area contributed by atoms with Crippen LogP contribution in [0.2, 0.25) is 0 Å². The highest BCUT2D eigenvalue weighted by molar-refractivity contribution is 6.06. The minimum absolute atomic E-state index is 0.0559. The van der Waals surface area contributed by atoms with Crippen LogP contribution in [0.15, 0.2) is 127 Å². The summed E-state index contributed by atoms with van der Waals surface area (Å²) in [7, 11) is 0. The molecule has 0 saturated carbocycles. The average molecular weight is 662 g/mol. The van der Waals surface area contributed by atoms with Gasteiger partial charge in [0.05, 0.1) is 17.9 Å². The van der Waals surface area contributed by atoms with Crippen molar-refractivity contribution in [2.45, 2.75) is 30.6 Å². The van der Waals surface area contributed by atoms with Crippen LogP contribution >= 0.6 is 0 Å². The number of halogens is 4. The number of ketones is 2. The maximum absolute atomic E-state index is 14.6. The molecule has 0 bridgehead atoms. The molecule has 0 aromatic heterocycles. The van der Waals surface area contributed by atoms with Crippen molar-refractivity contribution in [3.05, 3.63) is 143 Å². The summed E-state index contributed by atoms with van der Waals surface area (Å²) in [5.74, 6) is -14.6. The number of carboxylic acids is 1. The molecule has 0 fully saturated rings. The molecule has 2 N–H and O–H groups in total. The second-order valence-corrected chi connectivity index (χ2v) is 10.8. The molecule has 3 aromatic rings. The maximum atomic E-state index is 14.6. The molecule has 246 valence electrons. The zero-order chi connectivity index (χ0) is 34.5. The summed E-state index contributed by atoms with van der Waals surface area (Å²) < 4.78 is 67.5. The number of ether oxygens (including phenoxy) is 2. The van der Waals surface area contributed by atoms with E-state index >= 15 is 0 Å². The summed E-state index contributed by atoms with van der Waals surface area (Å²) in [4.78, 5) is 50.5. The number of rotatable bonds is 12. The van der Waals surface area contributed by atoms with Crippen molar-refractivity contribution in [1.29, 1.82) is 0 Å². The van der Waals surface area contributed by atoms with Gasteiger partial charge in [-0.1, -0.05) is 72.8 Å². The quantitative estimate of drug-likeness (QED) is 0.159. The fourth-order valence-electron chi connectivity index (χ4n) is 5.01. The third kappa shape index (κ3) is 7.27. The lowest BCUT2D eigenvalue weighted by molar-refractivity contribution is -0.156. The molecule has 1 atom stereocenters. The first-order valence-corrected chi connectivity index (χ1v) is 14.6. The number of hydrogen-bond acceptors (Lipinski definition) is 6. The fraction of sp³-hybridized carbons (Fsp3) is 0.167. The van der Waals surface area contributed by atoms with Crippen LogP contribution in [0.3, 0.4) is 0 Å². The van der Waals surface area contributed by atoms with Crippen molar-refractivity contribution in [2.75, 3.05) is 6.54 Å². The average Bonchev–Trinajstić information content (AvgIpc) is 3.08. The normalized spacial score (nSPS) is 16.6. The molecule has 0 saturated heterocycles. The number of allylic oxidation sites excluding steroid dienone is 5. The molecule has 0 spiro atoms. The molecule has 8 nitrogen and oxygen atoms in total. The highest BCUT2D eigenvalue weighted by atomic mass is 19.3. The van der Waals surface area contributed by atoms with E-state index in [0.717, 1.165) is 29.5 Å². The SMILES string of the molecule is O=C(O)CCNC(=O)c1ccc(C(=O)C(CC(=O)C2=COC=C(C3=CC=CC(F)(F)C3(F)F)O2)c2ccc(-c3ccccc3)cc2)cc1. The van der Waals surface area contributed by atoms with Gasteiger partial charge >= 0.3 is 17.8 Å². The van der Waals surface area contributed by atoms with E-state index in [9.17, 15) is 36.7 Å². The Morgan fingerprint density at radius 2 is 1.46 bits per heavy atom. The van der Waals surface area contributed by atoms with Crippen LogP contribution in [0.5, 0.6) is 0 Å². The molecule has 0 radical (unpaired) electrons. The number of aliphatic carboxylic acids is 1. The van der Waals surface area contributed by atoms with Gasteiger partial charge in [0, 0.05) is 24.1 Å². The van der Waals surface area contributed by atoms with Crippen molar-refractivity contribution < 1.29 is 51.3 Å². The standard InChI is InChI=1S/C36H27F4NO7/c37-35(38)17-4-7-28(36(35,39)40)30-20-47-21-31(48-30)29(42)19-27(24-10-8-23(9-11-24)22-5-2-1-3-6-22)33(45)25-12-14-26(15-13-25)34(46)41-18-16-32(43)44/h1-15,17,20-21,27H,16,18-19H2,(H,41,46)(H,43,44). The molecule has 5 rings (SSSR count). The first-order valence-electron chi connectivity index (χ1n) is 14.6. The van der Waals surface area contributed by atoms with Gasteiger partial charge < -0.3 is 19.9 Å². The molecule has 3 aromatic carbocycles. The van der Waals surface area contributed by atoms with E-state index in [1.165, 1.54) is 24.3 Å². The largest absolute Gasteiger partial charge is 0.481 e. The van der Waals surface area contributed by atoms with Crippen LogP contribution in [0.1, 0.15) is 45.0 Å². The summed E-state index contributed by atoms with van der Waals surface area (Å²) in [6.07, 6.45) is 2.25. The predicted octanol–water partition coefficient (Wildman–Crippen LogP) is 6.98. The number of carbonyl (C=O) groups is 4. The number of benzene rings is 3. The van der Waals surface area contributed by atoms with Crippen LogP contribution in [-0.4, -0.2) is 46.9 Å². The van der Waals surface area contributed by atoms with Gasteiger partial charge in [-0.3, -0.25) is 19.2 Å². The number of nitrogens with one attached hydrogen (secondary N) is 1. The maximum Gasteiger partial charge on any atom is 0.342 e. The zero-order valence-corrected chi connectivity index (χ0v) is 25.0. The number of carbonyl (C=O) groups excluding carboxylic acids is 3. The van der Waals surface area contributed by atoms with Gasteiger partial charge in [0.2, 0.25) is 11.5 Å². The van der Waals surface area contributed by atoms with E-state index < -0.39 is 64.7 Å². The fourth-order valence-corrected chi connectivity index (χ4v) is 5.01. The molecule has 1 aliphatic carbocycles. The first kappa shape index (κ1) is 33.6. The van der Waals surface area contributed by atoms with Crippen molar-refractivity contribution in [1.82, 2.24) is 5.32 Å². The highest BCUT2D eigenvalue weighted by Crippen LogP contribution is 2.47. The smallest absolute Gasteiger partial charge is 0.342 e. The Balaban J connectivity index is 1.38. The van der Waals surface area contributed by atoms with Gasteiger partial charge in [-0.15, -0.1) is 0 Å². The Hall–Kier alpha value is -5.78. The van der Waals surface area contributed by atoms with Gasteiger partial charge in [0.15, 0.2) is 11.5 Å². The summed E-state index contributed by atoms with van der Waals surface area (Å²) in [6.45, 7) is -0.0927. The van der Waals surface area contributed by atoms with E-state index in [-0.39, 0.29) is 30.2 Å². The number of Topliss-reactive ketones (excluding diaryl/α,β-unsaturated/α-hetero) is 2. The number of carboxylic acid groups (broad SMARTS) is 1.